The number of fused-ring (bicyclic) bond motifs is 1. The van der Waals surface area contributed by atoms with E-state index < -0.39 is 0 Å². The zero-order valence-electron chi connectivity index (χ0n) is 9.53. The Kier molecular flexibility index (Phi) is 2.56. The molecule has 0 N–H and O–H groups in total. The second-order valence-electron chi connectivity index (χ2n) is 3.75. The summed E-state index contributed by atoms with van der Waals surface area (Å²) in [4.78, 5) is 8.22. The number of rotatable bonds is 2. The summed E-state index contributed by atoms with van der Waals surface area (Å²) < 4.78 is 7.26. The highest BCUT2D eigenvalue weighted by molar-refractivity contribution is 7.17. The van der Waals surface area contributed by atoms with E-state index in [1.54, 1.807) is 19.1 Å². The summed E-state index contributed by atoms with van der Waals surface area (Å²) in [6.07, 6.45) is 2.83. The first-order valence-corrected chi connectivity index (χ1v) is 6.18. The zero-order chi connectivity index (χ0) is 12.5. The van der Waals surface area contributed by atoms with Gasteiger partial charge in [0.1, 0.15) is 11.0 Å². The Hall–Kier alpha value is -2.21. The van der Waals surface area contributed by atoms with E-state index >= 15 is 0 Å². The van der Waals surface area contributed by atoms with Gasteiger partial charge in [-0.05, 0) is 17.5 Å². The monoisotopic (exact) mass is 259 g/mol. The average Bonchev–Trinajstić information content (AvgIpc) is 2.83. The Labute approximate surface area is 107 Å². The molecule has 3 rings (SSSR count). The molecule has 0 aromatic carbocycles. The van der Waals surface area contributed by atoms with E-state index in [1.165, 1.54) is 23.9 Å². The van der Waals surface area contributed by atoms with Crippen molar-refractivity contribution in [2.45, 2.75) is 6.92 Å². The van der Waals surface area contributed by atoms with E-state index in [0.717, 1.165) is 14.9 Å². The van der Waals surface area contributed by atoms with E-state index in [4.69, 9.17) is 4.74 Å². The van der Waals surface area contributed by atoms with Gasteiger partial charge in [-0.15, -0.1) is 11.3 Å². The minimum atomic E-state index is 0.462. The molecule has 0 aliphatic carbocycles. The number of aryl methyl sites for hydroxylation is 1. The van der Waals surface area contributed by atoms with Crippen LogP contribution in [0.3, 0.4) is 0 Å². The highest BCUT2D eigenvalue weighted by Gasteiger charge is 2.09. The van der Waals surface area contributed by atoms with Crippen molar-refractivity contribution in [3.63, 3.8) is 0 Å². The first kappa shape index (κ1) is 10.9. The van der Waals surface area contributed by atoms with Crippen LogP contribution < -0.4 is 9.47 Å². The number of ether oxygens (including phenoxy) is 1. The molecule has 0 aliphatic rings. The van der Waals surface area contributed by atoms with Crippen molar-refractivity contribution < 1.29 is 9.47 Å². The molecule has 6 heteroatoms. The van der Waals surface area contributed by atoms with Crippen LogP contribution in [0.5, 0.6) is 11.6 Å². The van der Waals surface area contributed by atoms with Gasteiger partial charge in [-0.2, -0.15) is 4.73 Å². The third-order valence-corrected chi connectivity index (χ3v) is 3.40. The van der Waals surface area contributed by atoms with Crippen LogP contribution in [0.25, 0.3) is 10.2 Å². The number of hydrogen-bond acceptors (Lipinski definition) is 5. The maximum Gasteiger partial charge on any atom is 0.240 e. The van der Waals surface area contributed by atoms with Crippen LogP contribution in [-0.2, 0) is 0 Å². The van der Waals surface area contributed by atoms with Gasteiger partial charge >= 0.3 is 0 Å². The second-order valence-corrected chi connectivity index (χ2v) is 4.66. The molecule has 3 aromatic rings. The normalized spacial score (nSPS) is 10.7. The number of thiophene rings is 1. The molecule has 0 spiro atoms. The summed E-state index contributed by atoms with van der Waals surface area (Å²) in [7, 11) is 0. The van der Waals surface area contributed by atoms with Crippen molar-refractivity contribution in [1.82, 2.24) is 9.97 Å². The number of aromatic nitrogens is 3. The van der Waals surface area contributed by atoms with E-state index in [-0.39, 0.29) is 0 Å². The summed E-state index contributed by atoms with van der Waals surface area (Å²) in [6.45, 7) is 1.74. The molecule has 0 aliphatic heterocycles. The Morgan fingerprint density at radius 3 is 3.00 bits per heavy atom. The molecule has 0 radical (unpaired) electrons. The first-order chi connectivity index (χ1) is 8.74. The van der Waals surface area contributed by atoms with Crippen LogP contribution >= 0.6 is 11.3 Å². The van der Waals surface area contributed by atoms with Gasteiger partial charge in [-0.25, -0.2) is 9.97 Å². The number of pyridine rings is 1. The molecule has 5 nitrogen and oxygen atoms in total. The second kappa shape index (κ2) is 4.23. The predicted octanol–water partition coefficient (Wildman–Crippen LogP) is 2.43. The summed E-state index contributed by atoms with van der Waals surface area (Å²) in [5.41, 5.74) is 1.46. The lowest BCUT2D eigenvalue weighted by molar-refractivity contribution is -0.612. The molecule has 0 fully saturated rings. The smallest absolute Gasteiger partial charge is 0.240 e. The molecule has 90 valence electrons. The standard InChI is InChI=1S/C12H9N3O2S/c1-8-2-3-9(6-15(8)16)17-12-11-10(4-5-18-11)13-7-14-12/h2-7H,1H3. The SMILES string of the molecule is Cc1ccc(Oc2ncnc3ccsc23)c[n+]1[O-]. The minimum absolute atomic E-state index is 0.462. The van der Waals surface area contributed by atoms with Gasteiger partial charge in [0.15, 0.2) is 11.4 Å². The van der Waals surface area contributed by atoms with E-state index in [0.29, 0.717) is 17.3 Å². The Balaban J connectivity index is 2.01. The summed E-state index contributed by atoms with van der Waals surface area (Å²) >= 11 is 1.51. The molecular weight excluding hydrogens is 250 g/mol. The third-order valence-electron chi connectivity index (χ3n) is 2.51. The van der Waals surface area contributed by atoms with Gasteiger partial charge in [0.25, 0.3) is 0 Å². The van der Waals surface area contributed by atoms with Gasteiger partial charge in [-0.1, -0.05) is 0 Å². The molecule has 0 bridgehead atoms. The van der Waals surface area contributed by atoms with Crippen molar-refractivity contribution in [3.8, 4) is 11.6 Å². The van der Waals surface area contributed by atoms with Gasteiger partial charge in [0, 0.05) is 13.0 Å². The Morgan fingerprint density at radius 1 is 1.28 bits per heavy atom. The lowest BCUT2D eigenvalue weighted by atomic mass is 10.4. The first-order valence-electron chi connectivity index (χ1n) is 5.30. The molecular formula is C12H9N3O2S. The van der Waals surface area contributed by atoms with E-state index in [9.17, 15) is 5.21 Å². The van der Waals surface area contributed by atoms with Crippen molar-refractivity contribution in [2.24, 2.45) is 0 Å². The number of hydrogen-bond donors (Lipinski definition) is 0. The Bertz CT molecular complexity index is 711. The zero-order valence-corrected chi connectivity index (χ0v) is 10.3. The maximum atomic E-state index is 11.5. The quantitative estimate of drug-likeness (QED) is 0.524. The van der Waals surface area contributed by atoms with Gasteiger partial charge in [0.05, 0.1) is 5.52 Å². The fraction of sp³-hybridized carbons (Fsp3) is 0.0833. The molecule has 18 heavy (non-hydrogen) atoms. The molecule has 0 atom stereocenters. The topological polar surface area (TPSA) is 62.0 Å². The van der Waals surface area contributed by atoms with Gasteiger partial charge in [-0.3, -0.25) is 0 Å². The van der Waals surface area contributed by atoms with Gasteiger partial charge in [0.2, 0.25) is 12.1 Å². The average molecular weight is 259 g/mol. The summed E-state index contributed by atoms with van der Waals surface area (Å²) in [6, 6.07) is 5.35. The lowest BCUT2D eigenvalue weighted by Gasteiger charge is -2.05. The van der Waals surface area contributed by atoms with Crippen LogP contribution in [0.15, 0.2) is 36.1 Å². The van der Waals surface area contributed by atoms with Crippen LogP contribution in [0.2, 0.25) is 0 Å². The highest BCUT2D eigenvalue weighted by atomic mass is 32.1. The van der Waals surface area contributed by atoms with Crippen molar-refractivity contribution >= 4 is 21.6 Å². The van der Waals surface area contributed by atoms with E-state index in [2.05, 4.69) is 9.97 Å². The lowest BCUT2D eigenvalue weighted by Crippen LogP contribution is -2.28. The molecule has 0 saturated carbocycles. The van der Waals surface area contributed by atoms with Gasteiger partial charge < -0.3 is 9.94 Å². The van der Waals surface area contributed by atoms with Crippen LogP contribution in [-0.4, -0.2) is 9.97 Å². The van der Waals surface area contributed by atoms with Crippen LogP contribution in [0.4, 0.5) is 0 Å². The fourth-order valence-corrected chi connectivity index (χ4v) is 2.32. The number of nitrogens with zero attached hydrogens (tertiary/aromatic N) is 3. The molecule has 0 amide bonds. The molecule has 0 saturated heterocycles. The van der Waals surface area contributed by atoms with Crippen LogP contribution in [0, 0.1) is 12.1 Å². The summed E-state index contributed by atoms with van der Waals surface area (Å²) in [5, 5.41) is 13.4. The summed E-state index contributed by atoms with van der Waals surface area (Å²) in [5.74, 6) is 0.933. The minimum Gasteiger partial charge on any atom is -0.618 e. The fourth-order valence-electron chi connectivity index (χ4n) is 1.55. The highest BCUT2D eigenvalue weighted by Crippen LogP contribution is 2.29. The Morgan fingerprint density at radius 2 is 2.17 bits per heavy atom. The van der Waals surface area contributed by atoms with Crippen LogP contribution in [0.1, 0.15) is 5.69 Å². The largest absolute Gasteiger partial charge is 0.618 e. The third kappa shape index (κ3) is 1.86. The molecule has 3 heterocycles. The van der Waals surface area contributed by atoms with Crippen molar-refractivity contribution in [3.05, 3.63) is 47.0 Å². The maximum absolute atomic E-state index is 11.5. The molecule has 3 aromatic heterocycles. The van der Waals surface area contributed by atoms with Crippen molar-refractivity contribution in [2.75, 3.05) is 0 Å². The van der Waals surface area contributed by atoms with E-state index in [1.807, 2.05) is 11.4 Å². The predicted molar refractivity (Wildman–Crippen MR) is 67.6 cm³/mol. The molecule has 0 unspecified atom stereocenters. The van der Waals surface area contributed by atoms with Crippen molar-refractivity contribution in [1.29, 1.82) is 0 Å².